The van der Waals surface area contributed by atoms with Crippen LogP contribution in [0.25, 0.3) is 22.3 Å². The number of benzene rings is 2. The predicted octanol–water partition coefficient (Wildman–Crippen LogP) is 7.39. The highest BCUT2D eigenvalue weighted by Crippen LogP contribution is 2.40. The van der Waals surface area contributed by atoms with Gasteiger partial charge in [-0.2, -0.15) is 13.2 Å². The summed E-state index contributed by atoms with van der Waals surface area (Å²) >= 11 is 0. The van der Waals surface area contributed by atoms with Crippen LogP contribution >= 0.6 is 0 Å². The van der Waals surface area contributed by atoms with Crippen molar-refractivity contribution in [3.63, 3.8) is 0 Å². The van der Waals surface area contributed by atoms with E-state index in [-0.39, 0.29) is 36.6 Å². The van der Waals surface area contributed by atoms with Crippen LogP contribution in [0.2, 0.25) is 0 Å². The second-order valence-electron chi connectivity index (χ2n) is 12.1. The lowest BCUT2D eigenvalue weighted by atomic mass is 9.96. The molecular weight excluding hydrogens is 632 g/mol. The number of cyclic esters (lactones) is 1. The highest BCUT2D eigenvalue weighted by molar-refractivity contribution is 5.89. The Balaban J connectivity index is 1.40. The zero-order valence-corrected chi connectivity index (χ0v) is 26.5. The van der Waals surface area contributed by atoms with E-state index in [1.165, 1.54) is 18.1 Å². The fourth-order valence-corrected chi connectivity index (χ4v) is 6.18. The standard InChI is InChI=1S/C35H32F4N4O5/c1-18-9-22(12-24(10-18)35(37,38)39)31-20(3)43(34(46)48-31)17-29-27(7-8-30(41-29)42-15-25(36)16-42)28-13-23(14-40-32(28)47-4)26-6-5-21(33(44)45)11-19(26)2/h5-14,20,25,31H,15-17H2,1-4H3,(H,44,45)/t20-,31-/m0/s1. The maximum absolute atomic E-state index is 13.8. The number of nitrogens with zero attached hydrogens (tertiary/aromatic N) is 4. The highest BCUT2D eigenvalue weighted by atomic mass is 19.4. The monoisotopic (exact) mass is 664 g/mol. The maximum atomic E-state index is 13.8. The average Bonchev–Trinajstić information content (AvgIpc) is 3.30. The number of carbonyl (C=O) groups excluding carboxylic acids is 1. The number of aryl methyl sites for hydroxylation is 2. The number of halogens is 4. The summed E-state index contributed by atoms with van der Waals surface area (Å²) < 4.78 is 65.9. The number of hydrogen-bond acceptors (Lipinski definition) is 7. The Kier molecular flexibility index (Phi) is 8.48. The van der Waals surface area contributed by atoms with Crippen LogP contribution in [0.4, 0.5) is 28.2 Å². The lowest BCUT2D eigenvalue weighted by molar-refractivity contribution is -0.137. The van der Waals surface area contributed by atoms with Crippen LogP contribution in [-0.4, -0.2) is 64.4 Å². The Morgan fingerprint density at radius 2 is 1.77 bits per heavy atom. The van der Waals surface area contributed by atoms with Crippen molar-refractivity contribution in [2.24, 2.45) is 0 Å². The third kappa shape index (κ3) is 6.24. The van der Waals surface area contributed by atoms with Gasteiger partial charge in [0.2, 0.25) is 5.88 Å². The second-order valence-corrected chi connectivity index (χ2v) is 12.1. The number of anilines is 1. The first-order chi connectivity index (χ1) is 22.7. The molecule has 6 rings (SSSR count). The van der Waals surface area contributed by atoms with Gasteiger partial charge in [0.05, 0.1) is 49.6 Å². The first-order valence-electron chi connectivity index (χ1n) is 15.2. The number of hydrogen-bond donors (Lipinski definition) is 1. The van der Waals surface area contributed by atoms with E-state index < -0.39 is 42.1 Å². The lowest BCUT2D eigenvalue weighted by Crippen LogP contribution is -2.49. The Labute approximate surface area is 273 Å². The van der Waals surface area contributed by atoms with Crippen molar-refractivity contribution in [3.05, 3.63) is 94.3 Å². The third-order valence-corrected chi connectivity index (χ3v) is 8.71. The van der Waals surface area contributed by atoms with Gasteiger partial charge in [0, 0.05) is 22.9 Å². The number of carboxylic acid groups (broad SMARTS) is 1. The summed E-state index contributed by atoms with van der Waals surface area (Å²) in [6, 6.07) is 13.1. The SMILES string of the molecule is COc1ncc(-c2ccc(C(=O)O)cc2C)cc1-c1ccc(N2CC(F)C2)nc1CN1C(=O)O[C@H](c2cc(C)cc(C(F)(F)F)c2)[C@@H]1C. The Hall–Kier alpha value is -5.20. The van der Waals surface area contributed by atoms with E-state index in [0.29, 0.717) is 39.3 Å². The molecule has 0 unspecified atom stereocenters. The minimum Gasteiger partial charge on any atom is -0.481 e. The van der Waals surface area contributed by atoms with Crippen molar-refractivity contribution in [1.29, 1.82) is 0 Å². The van der Waals surface area contributed by atoms with Gasteiger partial charge in [0.25, 0.3) is 0 Å². The van der Waals surface area contributed by atoms with Crippen molar-refractivity contribution in [1.82, 2.24) is 14.9 Å². The van der Waals surface area contributed by atoms with E-state index in [1.807, 2.05) is 6.07 Å². The molecule has 0 aliphatic carbocycles. The number of aromatic nitrogens is 2. The van der Waals surface area contributed by atoms with Gasteiger partial charge < -0.3 is 19.5 Å². The van der Waals surface area contributed by atoms with Crippen LogP contribution in [0.5, 0.6) is 5.88 Å². The summed E-state index contributed by atoms with van der Waals surface area (Å²) in [7, 11) is 1.46. The average molecular weight is 665 g/mol. The number of aromatic carboxylic acids is 1. The topological polar surface area (TPSA) is 105 Å². The van der Waals surface area contributed by atoms with Crippen LogP contribution in [0.3, 0.4) is 0 Å². The van der Waals surface area contributed by atoms with E-state index in [0.717, 1.165) is 17.7 Å². The van der Waals surface area contributed by atoms with Gasteiger partial charge >= 0.3 is 18.2 Å². The summed E-state index contributed by atoms with van der Waals surface area (Å²) in [6.45, 7) is 5.29. The van der Waals surface area contributed by atoms with Crippen molar-refractivity contribution in [2.75, 3.05) is 25.1 Å². The van der Waals surface area contributed by atoms with Crippen molar-refractivity contribution in [2.45, 2.75) is 51.8 Å². The van der Waals surface area contributed by atoms with Gasteiger partial charge in [0.1, 0.15) is 18.1 Å². The highest BCUT2D eigenvalue weighted by Gasteiger charge is 2.42. The molecule has 0 bridgehead atoms. The number of carboxylic acids is 1. The zero-order chi connectivity index (χ0) is 34.5. The van der Waals surface area contributed by atoms with Gasteiger partial charge in [-0.1, -0.05) is 17.7 Å². The molecule has 0 spiro atoms. The molecule has 0 radical (unpaired) electrons. The molecule has 4 aromatic rings. The Morgan fingerprint density at radius 3 is 2.42 bits per heavy atom. The molecule has 2 fully saturated rings. The number of amides is 1. The third-order valence-electron chi connectivity index (χ3n) is 8.71. The minimum atomic E-state index is -4.57. The van der Waals surface area contributed by atoms with Gasteiger partial charge in [-0.15, -0.1) is 0 Å². The van der Waals surface area contributed by atoms with Crippen molar-refractivity contribution >= 4 is 17.9 Å². The molecule has 2 saturated heterocycles. The van der Waals surface area contributed by atoms with Crippen LogP contribution in [0.1, 0.15) is 51.3 Å². The van der Waals surface area contributed by atoms with E-state index in [9.17, 15) is 32.3 Å². The zero-order valence-electron chi connectivity index (χ0n) is 26.5. The van der Waals surface area contributed by atoms with E-state index in [4.69, 9.17) is 14.5 Å². The lowest BCUT2D eigenvalue weighted by Gasteiger charge is -2.36. The van der Waals surface area contributed by atoms with Crippen molar-refractivity contribution in [3.8, 4) is 28.1 Å². The molecule has 2 aromatic carbocycles. The van der Waals surface area contributed by atoms with Crippen LogP contribution in [0.15, 0.2) is 60.8 Å². The number of rotatable bonds is 8. The summed E-state index contributed by atoms with van der Waals surface area (Å²) in [5, 5.41) is 9.41. The van der Waals surface area contributed by atoms with Gasteiger partial charge in [-0.25, -0.2) is 23.9 Å². The molecule has 48 heavy (non-hydrogen) atoms. The number of methoxy groups -OCH3 is 1. The van der Waals surface area contributed by atoms with E-state index in [1.54, 1.807) is 62.2 Å². The number of pyridine rings is 2. The van der Waals surface area contributed by atoms with E-state index in [2.05, 4.69) is 4.98 Å². The first kappa shape index (κ1) is 32.7. The minimum absolute atomic E-state index is 0.0791. The Bertz CT molecular complexity index is 1910. The number of carbonyl (C=O) groups is 2. The second kappa shape index (κ2) is 12.4. The van der Waals surface area contributed by atoms with Crippen LogP contribution in [-0.2, 0) is 17.5 Å². The predicted molar refractivity (Wildman–Crippen MR) is 169 cm³/mol. The summed E-state index contributed by atoms with van der Waals surface area (Å²) in [5.74, 6) is -0.289. The number of ether oxygens (including phenoxy) is 2. The molecule has 2 atom stereocenters. The quantitative estimate of drug-likeness (QED) is 0.195. The van der Waals surface area contributed by atoms with Gasteiger partial charge in [0.15, 0.2) is 0 Å². The van der Waals surface area contributed by atoms with Crippen LogP contribution < -0.4 is 9.64 Å². The molecule has 250 valence electrons. The largest absolute Gasteiger partial charge is 0.481 e. The fourth-order valence-electron chi connectivity index (χ4n) is 6.18. The van der Waals surface area contributed by atoms with E-state index >= 15 is 0 Å². The maximum Gasteiger partial charge on any atom is 0.416 e. The summed E-state index contributed by atoms with van der Waals surface area (Å²) in [5.41, 5.74) is 3.55. The number of alkyl halides is 4. The molecule has 2 aromatic heterocycles. The van der Waals surface area contributed by atoms with Crippen molar-refractivity contribution < 1.29 is 41.7 Å². The smallest absolute Gasteiger partial charge is 0.416 e. The van der Waals surface area contributed by atoms with Gasteiger partial charge in [-0.05, 0) is 79.9 Å². The molecular formula is C35H32F4N4O5. The molecule has 4 heterocycles. The molecule has 0 saturated carbocycles. The molecule has 9 nitrogen and oxygen atoms in total. The van der Waals surface area contributed by atoms with Gasteiger partial charge in [-0.3, -0.25) is 4.90 Å². The van der Waals surface area contributed by atoms with Crippen LogP contribution in [0, 0.1) is 13.8 Å². The summed E-state index contributed by atoms with van der Waals surface area (Å²) in [6.07, 6.45) is -5.64. The summed E-state index contributed by atoms with van der Waals surface area (Å²) in [4.78, 5) is 37.3. The molecule has 13 heteroatoms. The molecule has 2 aliphatic rings. The Morgan fingerprint density at radius 1 is 1.04 bits per heavy atom. The first-order valence-corrected chi connectivity index (χ1v) is 15.2. The normalized spacial score (nSPS) is 18.1. The molecule has 1 amide bonds. The fraction of sp³-hybridized carbons (Fsp3) is 0.314. The molecule has 1 N–H and O–H groups in total. The molecule has 2 aliphatic heterocycles.